The molecule has 2 aliphatic heterocycles. The van der Waals surface area contributed by atoms with Crippen LogP contribution in [0.5, 0.6) is 0 Å². The number of hydrogen-bond donors (Lipinski definition) is 4. The number of amides is 3. The number of carbonyl (C=O) groups is 2. The number of urea groups is 1. The first kappa shape index (κ1) is 15.4. The molecule has 7 heteroatoms. The lowest BCUT2D eigenvalue weighted by molar-refractivity contribution is -0.121. The summed E-state index contributed by atoms with van der Waals surface area (Å²) in [7, 11) is 1.87. The fraction of sp³-hybridized carbons (Fsp3) is 0.846. The van der Waals surface area contributed by atoms with Crippen LogP contribution in [-0.2, 0) is 4.79 Å². The van der Waals surface area contributed by atoms with Gasteiger partial charge in [0, 0.05) is 30.5 Å². The molecule has 20 heavy (non-hydrogen) atoms. The van der Waals surface area contributed by atoms with Crippen molar-refractivity contribution < 1.29 is 9.59 Å². The van der Waals surface area contributed by atoms with Crippen molar-refractivity contribution in [3.05, 3.63) is 0 Å². The van der Waals surface area contributed by atoms with E-state index in [1.807, 2.05) is 18.8 Å². The Morgan fingerprint density at radius 2 is 2.20 bits per heavy atom. The van der Waals surface area contributed by atoms with Crippen LogP contribution in [0.2, 0.25) is 0 Å². The average Bonchev–Trinajstić information content (AvgIpc) is 2.95. The number of rotatable bonds is 8. The molecule has 0 bridgehead atoms. The molecule has 0 aromatic carbocycles. The van der Waals surface area contributed by atoms with E-state index in [0.29, 0.717) is 24.3 Å². The van der Waals surface area contributed by atoms with Gasteiger partial charge in [-0.2, -0.15) is 11.8 Å². The predicted molar refractivity (Wildman–Crippen MR) is 80.9 cm³/mol. The van der Waals surface area contributed by atoms with E-state index < -0.39 is 0 Å². The van der Waals surface area contributed by atoms with Gasteiger partial charge in [-0.05, 0) is 19.9 Å². The molecule has 3 atom stereocenters. The number of likely N-dealkylation sites (N-methyl/N-ethyl adjacent to an activating group) is 1. The molecule has 3 amide bonds. The maximum absolute atomic E-state index is 11.5. The molecule has 0 spiro atoms. The van der Waals surface area contributed by atoms with E-state index in [4.69, 9.17) is 0 Å². The van der Waals surface area contributed by atoms with Crippen molar-refractivity contribution in [3.8, 4) is 0 Å². The van der Waals surface area contributed by atoms with E-state index in [-0.39, 0.29) is 18.0 Å². The van der Waals surface area contributed by atoms with E-state index in [1.54, 1.807) is 0 Å². The zero-order chi connectivity index (χ0) is 14.4. The number of thioether (sulfide) groups is 1. The fourth-order valence-electron chi connectivity index (χ4n) is 2.69. The lowest BCUT2D eigenvalue weighted by Gasteiger charge is -2.16. The van der Waals surface area contributed by atoms with Gasteiger partial charge in [0.05, 0.1) is 12.1 Å². The molecule has 0 aliphatic carbocycles. The monoisotopic (exact) mass is 300 g/mol. The van der Waals surface area contributed by atoms with Gasteiger partial charge in [0.1, 0.15) is 0 Å². The van der Waals surface area contributed by atoms with Crippen molar-refractivity contribution in [2.45, 2.75) is 43.0 Å². The Morgan fingerprint density at radius 1 is 1.35 bits per heavy atom. The van der Waals surface area contributed by atoms with Gasteiger partial charge >= 0.3 is 6.03 Å². The molecular formula is C13H24N4O2S. The molecule has 4 N–H and O–H groups in total. The third-order valence-electron chi connectivity index (χ3n) is 3.78. The highest BCUT2D eigenvalue weighted by Crippen LogP contribution is 2.33. The Labute approximate surface area is 124 Å². The van der Waals surface area contributed by atoms with Crippen LogP contribution in [0, 0.1) is 0 Å². The van der Waals surface area contributed by atoms with Crippen LogP contribution in [-0.4, -0.2) is 55.2 Å². The minimum absolute atomic E-state index is 0.0331. The maximum Gasteiger partial charge on any atom is 0.315 e. The molecule has 0 aromatic heterocycles. The summed E-state index contributed by atoms with van der Waals surface area (Å²) in [6, 6.07) is 0.536. The van der Waals surface area contributed by atoms with Crippen LogP contribution < -0.4 is 21.3 Å². The average molecular weight is 300 g/mol. The van der Waals surface area contributed by atoms with Gasteiger partial charge in [0.25, 0.3) is 0 Å². The molecule has 0 aromatic rings. The lowest BCUT2D eigenvalue weighted by Crippen LogP contribution is -2.36. The first-order chi connectivity index (χ1) is 9.70. The largest absolute Gasteiger partial charge is 0.355 e. The Bertz CT molecular complexity index is 353. The Hall–Kier alpha value is -0.950. The van der Waals surface area contributed by atoms with Crippen molar-refractivity contribution in [2.24, 2.45) is 0 Å². The van der Waals surface area contributed by atoms with Crippen molar-refractivity contribution in [2.75, 3.05) is 25.9 Å². The van der Waals surface area contributed by atoms with Crippen LogP contribution in [0.1, 0.15) is 25.7 Å². The fourth-order valence-corrected chi connectivity index (χ4v) is 4.23. The quantitative estimate of drug-likeness (QED) is 0.377. The Balaban J connectivity index is 1.55. The molecule has 2 rings (SSSR count). The SMILES string of the molecule is CNCCNC(=O)CCCC[C@H]1SCC2NC(=O)NC21. The van der Waals surface area contributed by atoms with Crippen LogP contribution in [0.15, 0.2) is 0 Å². The molecule has 0 radical (unpaired) electrons. The van der Waals surface area contributed by atoms with Crippen LogP contribution in [0.4, 0.5) is 4.79 Å². The minimum atomic E-state index is -0.0331. The van der Waals surface area contributed by atoms with E-state index in [9.17, 15) is 9.59 Å². The highest BCUT2D eigenvalue weighted by atomic mass is 32.2. The second kappa shape index (κ2) is 7.73. The van der Waals surface area contributed by atoms with E-state index >= 15 is 0 Å². The summed E-state index contributed by atoms with van der Waals surface area (Å²) in [5, 5.41) is 12.3. The van der Waals surface area contributed by atoms with Crippen molar-refractivity contribution in [3.63, 3.8) is 0 Å². The lowest BCUT2D eigenvalue weighted by atomic mass is 10.0. The summed E-state index contributed by atoms with van der Waals surface area (Å²) in [6.45, 7) is 1.50. The van der Waals surface area contributed by atoms with Crippen LogP contribution in [0.25, 0.3) is 0 Å². The topological polar surface area (TPSA) is 82.3 Å². The molecular weight excluding hydrogens is 276 g/mol. The zero-order valence-corrected chi connectivity index (χ0v) is 12.7. The predicted octanol–water partition coefficient (Wildman–Crippen LogP) is 0.0478. The summed E-state index contributed by atoms with van der Waals surface area (Å²) < 4.78 is 0. The van der Waals surface area contributed by atoms with E-state index in [2.05, 4.69) is 21.3 Å². The van der Waals surface area contributed by atoms with Crippen molar-refractivity contribution in [1.29, 1.82) is 0 Å². The molecule has 114 valence electrons. The van der Waals surface area contributed by atoms with Gasteiger partial charge < -0.3 is 21.3 Å². The number of carbonyl (C=O) groups excluding carboxylic acids is 2. The second-order valence-electron chi connectivity index (χ2n) is 5.32. The third kappa shape index (κ3) is 4.28. The standard InChI is InChI=1S/C13H24N4O2S/c1-14-6-7-15-11(18)5-3-2-4-10-12-9(8-20-10)16-13(19)17-12/h9-10,12,14H,2-8H2,1H3,(H,15,18)(H2,16,17,19)/t9?,10-,12?/m1/s1. The zero-order valence-electron chi connectivity index (χ0n) is 11.9. The first-order valence-electron chi connectivity index (χ1n) is 7.30. The molecule has 0 saturated carbocycles. The second-order valence-corrected chi connectivity index (χ2v) is 6.59. The van der Waals surface area contributed by atoms with Gasteiger partial charge in [-0.1, -0.05) is 6.42 Å². The highest BCUT2D eigenvalue weighted by Gasteiger charge is 2.42. The molecule has 2 heterocycles. The smallest absolute Gasteiger partial charge is 0.315 e. The van der Waals surface area contributed by atoms with Gasteiger partial charge in [-0.15, -0.1) is 0 Å². The Kier molecular flexibility index (Phi) is 5.97. The number of hydrogen-bond acceptors (Lipinski definition) is 4. The van der Waals surface area contributed by atoms with Crippen molar-refractivity contribution >= 4 is 23.7 Å². The summed E-state index contributed by atoms with van der Waals surface area (Å²) in [5.74, 6) is 1.13. The highest BCUT2D eigenvalue weighted by molar-refractivity contribution is 8.00. The number of fused-ring (bicyclic) bond motifs is 1. The van der Waals surface area contributed by atoms with Crippen LogP contribution in [0.3, 0.4) is 0 Å². The Morgan fingerprint density at radius 3 is 3.00 bits per heavy atom. The van der Waals surface area contributed by atoms with Gasteiger partial charge in [-0.3, -0.25) is 4.79 Å². The molecule has 2 fully saturated rings. The van der Waals surface area contributed by atoms with E-state index in [1.165, 1.54) is 0 Å². The number of nitrogens with one attached hydrogen (secondary N) is 4. The van der Waals surface area contributed by atoms with Gasteiger partial charge in [0.15, 0.2) is 0 Å². The van der Waals surface area contributed by atoms with E-state index in [0.717, 1.165) is 31.6 Å². The normalized spacial score (nSPS) is 27.9. The molecule has 6 nitrogen and oxygen atoms in total. The van der Waals surface area contributed by atoms with Gasteiger partial charge in [-0.25, -0.2) is 4.79 Å². The number of unbranched alkanes of at least 4 members (excludes halogenated alkanes) is 1. The first-order valence-corrected chi connectivity index (χ1v) is 8.35. The summed E-state index contributed by atoms with van der Waals surface area (Å²) in [4.78, 5) is 22.8. The third-order valence-corrected chi connectivity index (χ3v) is 5.29. The summed E-state index contributed by atoms with van der Waals surface area (Å²) in [6.07, 6.45) is 3.62. The van der Waals surface area contributed by atoms with Crippen LogP contribution >= 0.6 is 11.8 Å². The summed E-state index contributed by atoms with van der Waals surface area (Å²) in [5.41, 5.74) is 0. The molecule has 2 saturated heterocycles. The summed E-state index contributed by atoms with van der Waals surface area (Å²) >= 11 is 1.93. The molecule has 2 aliphatic rings. The van der Waals surface area contributed by atoms with Crippen molar-refractivity contribution in [1.82, 2.24) is 21.3 Å². The van der Waals surface area contributed by atoms with Gasteiger partial charge in [0.2, 0.25) is 5.91 Å². The molecule has 2 unspecified atom stereocenters. The maximum atomic E-state index is 11.5. The minimum Gasteiger partial charge on any atom is -0.355 e.